The minimum absolute atomic E-state index is 0.0386. The van der Waals surface area contributed by atoms with Crippen molar-refractivity contribution in [1.29, 1.82) is 0 Å². The number of fused-ring (bicyclic) bond motifs is 6. The number of alkyl halides is 6. The molecule has 1 aliphatic heterocycles. The summed E-state index contributed by atoms with van der Waals surface area (Å²) in [4.78, 5) is 0. The lowest BCUT2D eigenvalue weighted by molar-refractivity contribution is -0.284. The van der Waals surface area contributed by atoms with Crippen molar-refractivity contribution >= 4 is 20.1 Å². The Morgan fingerprint density at radius 1 is 0.879 bits per heavy atom. The van der Waals surface area contributed by atoms with E-state index in [1.807, 2.05) is 6.07 Å². The summed E-state index contributed by atoms with van der Waals surface area (Å²) in [6.07, 6.45) is 9.20. The summed E-state index contributed by atoms with van der Waals surface area (Å²) < 4.78 is 101. The van der Waals surface area contributed by atoms with Gasteiger partial charge in [0.25, 0.3) is 0 Å². The highest BCUT2D eigenvalue weighted by molar-refractivity contribution is 7.99. The van der Waals surface area contributed by atoms with Gasteiger partial charge in [0.1, 0.15) is 11.9 Å². The molecule has 3 saturated carbocycles. The molecule has 4 aliphatic carbocycles. The van der Waals surface area contributed by atoms with Crippen molar-refractivity contribution in [3.63, 3.8) is 0 Å². The first kappa shape index (κ1) is 46.6. The third-order valence-electron chi connectivity index (χ3n) is 16.7. The summed E-state index contributed by atoms with van der Waals surface area (Å²) in [5, 5.41) is 0.142. The van der Waals surface area contributed by atoms with Gasteiger partial charge in [0, 0.05) is 18.3 Å². The van der Waals surface area contributed by atoms with Gasteiger partial charge in [-0.15, -0.1) is 0 Å². The molecule has 5 aliphatic rings. The lowest BCUT2D eigenvalue weighted by Crippen LogP contribution is -2.50. The van der Waals surface area contributed by atoms with Crippen molar-refractivity contribution in [3.05, 3.63) is 29.3 Å². The summed E-state index contributed by atoms with van der Waals surface area (Å²) in [6.45, 7) is 17.6. The highest BCUT2D eigenvalue weighted by Gasteiger charge is 2.73. The highest BCUT2D eigenvalue weighted by atomic mass is 32.2. The van der Waals surface area contributed by atoms with E-state index in [2.05, 4.69) is 59.8 Å². The van der Waals surface area contributed by atoms with Crippen LogP contribution in [0.3, 0.4) is 0 Å². The molecule has 6 rings (SSSR count). The molecule has 332 valence electrons. The van der Waals surface area contributed by atoms with Crippen LogP contribution in [0.25, 0.3) is 0 Å². The number of rotatable bonds is 20. The Labute approximate surface area is 351 Å². The Morgan fingerprint density at radius 2 is 1.55 bits per heavy atom. The second-order valence-electron chi connectivity index (χ2n) is 20.6. The van der Waals surface area contributed by atoms with E-state index in [1.165, 1.54) is 36.6 Å². The van der Waals surface area contributed by atoms with Crippen LogP contribution < -0.4 is 4.74 Å². The van der Waals surface area contributed by atoms with Crippen molar-refractivity contribution in [2.45, 2.75) is 205 Å². The molecule has 58 heavy (non-hydrogen) atoms. The lowest BCUT2D eigenvalue weighted by Gasteiger charge is -2.55. The molecular weight excluding hydrogens is 787 g/mol. The number of hydrogen-bond acceptors (Lipinski definition) is 4. The molecule has 3 nitrogen and oxygen atoms in total. The second-order valence-corrected chi connectivity index (χ2v) is 26.4. The van der Waals surface area contributed by atoms with Gasteiger partial charge in [-0.3, -0.25) is 0 Å². The van der Waals surface area contributed by atoms with Crippen molar-refractivity contribution in [1.82, 2.24) is 0 Å². The van der Waals surface area contributed by atoms with Gasteiger partial charge in [-0.2, -0.15) is 33.7 Å². The number of benzene rings is 1. The van der Waals surface area contributed by atoms with Gasteiger partial charge in [-0.05, 0) is 152 Å². The number of ether oxygens (including phenoxy) is 2. The van der Waals surface area contributed by atoms with Crippen LogP contribution in [0.1, 0.15) is 173 Å². The monoisotopic (exact) mass is 861 g/mol. The molecule has 4 fully saturated rings. The quantitative estimate of drug-likeness (QED) is 0.0742. The summed E-state index contributed by atoms with van der Waals surface area (Å²) in [7, 11) is -2.08. The summed E-state index contributed by atoms with van der Waals surface area (Å²) >= 11 is 1.46. The van der Waals surface area contributed by atoms with Crippen LogP contribution in [0.5, 0.6) is 5.75 Å². The maximum Gasteiger partial charge on any atom is 0.453 e. The molecule has 1 aromatic carbocycles. The average molecular weight is 861 g/mol. The van der Waals surface area contributed by atoms with Gasteiger partial charge in [-0.1, -0.05) is 79.2 Å². The van der Waals surface area contributed by atoms with Gasteiger partial charge < -0.3 is 13.9 Å². The Bertz CT molecular complexity index is 1490. The predicted octanol–water partition coefficient (Wildman–Crippen LogP) is 15.4. The smallest absolute Gasteiger partial charge is 0.453 e. The van der Waals surface area contributed by atoms with E-state index in [9.17, 15) is 22.0 Å². The SMILES string of the molecule is CC(C)C(C)(C)[Si](C)(C)O[C@@H]1CC2C3C(CC[C@]2(C)C12CC2)c1ccc(OC2CCCCO2)cc1[C@H](F)C3CCCCCCCCCSCCCC(F)(F)C(F)(F)F. The van der Waals surface area contributed by atoms with Crippen molar-refractivity contribution < 1.29 is 40.2 Å². The topological polar surface area (TPSA) is 27.7 Å². The molecule has 0 aromatic heterocycles. The number of halogens is 6. The summed E-state index contributed by atoms with van der Waals surface area (Å²) in [5.41, 5.74) is 2.42. The molecule has 1 heterocycles. The van der Waals surface area contributed by atoms with Crippen molar-refractivity contribution in [2.24, 2.45) is 34.5 Å². The zero-order valence-corrected chi connectivity index (χ0v) is 38.4. The average Bonchev–Trinajstić information content (AvgIpc) is 3.94. The molecule has 0 amide bonds. The highest BCUT2D eigenvalue weighted by Crippen LogP contribution is 2.78. The molecule has 0 bridgehead atoms. The molecule has 0 N–H and O–H groups in total. The first-order valence-corrected chi connectivity index (χ1v) is 27.1. The normalized spacial score (nSPS) is 31.0. The predicted molar refractivity (Wildman–Crippen MR) is 227 cm³/mol. The molecule has 8 atom stereocenters. The Kier molecular flexibility index (Phi) is 14.8. The van der Waals surface area contributed by atoms with E-state index in [-0.39, 0.29) is 40.6 Å². The van der Waals surface area contributed by atoms with Gasteiger partial charge in [0.05, 0.1) is 12.7 Å². The van der Waals surface area contributed by atoms with Gasteiger partial charge in [0.15, 0.2) is 14.6 Å². The minimum Gasteiger partial charge on any atom is -0.465 e. The standard InChI is InChI=1S/C47H74F6O3SSi/c1-32(2)43(3,4)58(6,7)56-39-31-38-41-35(22-24-44(38,5)45(39)25-26-45)34-21-20-33(55-40-19-14-15-27-54-40)30-37(34)42(48)36(41)18-13-11-9-8-10-12-16-28-57-29-17-23-46(49,50)47(51,52)53/h20-21,30,32,35-36,38-42H,8-19,22-29,31H2,1-7H3/t35?,36?,38?,39-,40?,41?,42-,44+/m1/s1. The van der Waals surface area contributed by atoms with E-state index in [0.29, 0.717) is 36.0 Å². The molecule has 1 spiro atoms. The van der Waals surface area contributed by atoms with Crippen molar-refractivity contribution in [3.8, 4) is 5.75 Å². The summed E-state index contributed by atoms with van der Waals surface area (Å²) in [5.74, 6) is -1.20. The summed E-state index contributed by atoms with van der Waals surface area (Å²) in [6, 6.07) is 6.27. The van der Waals surface area contributed by atoms with Crippen LogP contribution in [0.15, 0.2) is 18.2 Å². The maximum absolute atomic E-state index is 17.5. The number of hydrogen-bond donors (Lipinski definition) is 0. The Hall–Kier alpha value is -0.913. The Balaban J connectivity index is 1.08. The fraction of sp³-hybridized carbons (Fsp3) is 0.872. The molecule has 5 unspecified atom stereocenters. The van der Waals surface area contributed by atoms with E-state index >= 15 is 4.39 Å². The fourth-order valence-corrected chi connectivity index (χ4v) is 15.5. The minimum atomic E-state index is -5.46. The number of thioether (sulfide) groups is 1. The van der Waals surface area contributed by atoms with Gasteiger partial charge in [0.2, 0.25) is 0 Å². The van der Waals surface area contributed by atoms with Crippen LogP contribution in [0.4, 0.5) is 26.3 Å². The largest absolute Gasteiger partial charge is 0.465 e. The molecule has 1 aromatic rings. The second kappa shape index (κ2) is 18.4. The first-order chi connectivity index (χ1) is 27.3. The molecule has 1 saturated heterocycles. The fourth-order valence-electron chi connectivity index (χ4n) is 11.8. The third kappa shape index (κ3) is 9.52. The first-order valence-electron chi connectivity index (χ1n) is 23.0. The van der Waals surface area contributed by atoms with E-state index in [4.69, 9.17) is 13.9 Å². The number of unbranched alkanes of at least 4 members (excludes halogenated alkanes) is 6. The van der Waals surface area contributed by atoms with Crippen molar-refractivity contribution in [2.75, 3.05) is 18.1 Å². The van der Waals surface area contributed by atoms with Crippen LogP contribution >= 0.6 is 11.8 Å². The molecule has 11 heteroatoms. The van der Waals surface area contributed by atoms with E-state index < -0.39 is 33.0 Å². The van der Waals surface area contributed by atoms with E-state index in [0.717, 1.165) is 101 Å². The third-order valence-corrected chi connectivity index (χ3v) is 22.4. The van der Waals surface area contributed by atoms with Crippen LogP contribution in [-0.4, -0.2) is 50.9 Å². The zero-order valence-electron chi connectivity index (χ0n) is 36.6. The van der Waals surface area contributed by atoms with Crippen LogP contribution in [-0.2, 0) is 9.16 Å². The molecule has 0 radical (unpaired) electrons. The Morgan fingerprint density at radius 3 is 2.19 bits per heavy atom. The zero-order chi connectivity index (χ0) is 42.1. The molecular formula is C47H74F6O3SSi. The van der Waals surface area contributed by atoms with Crippen LogP contribution in [0, 0.1) is 34.5 Å². The maximum atomic E-state index is 17.5. The lowest BCUT2D eigenvalue weighted by atomic mass is 9.50. The van der Waals surface area contributed by atoms with Gasteiger partial charge in [-0.25, -0.2) is 4.39 Å². The van der Waals surface area contributed by atoms with Crippen LogP contribution in [0.2, 0.25) is 18.1 Å². The van der Waals surface area contributed by atoms with E-state index in [1.54, 1.807) is 0 Å². The van der Waals surface area contributed by atoms with Gasteiger partial charge >= 0.3 is 12.1 Å².